The molecule has 17 heavy (non-hydrogen) atoms. The monoisotopic (exact) mass is 243 g/mol. The molecule has 1 aliphatic carbocycles. The van der Waals surface area contributed by atoms with Crippen LogP contribution in [-0.2, 0) is 9.53 Å². The Kier molecular flexibility index (Phi) is 5.40. The van der Waals surface area contributed by atoms with Crippen molar-refractivity contribution in [2.45, 2.75) is 45.1 Å². The first-order valence-corrected chi connectivity index (χ1v) is 6.45. The van der Waals surface area contributed by atoms with Gasteiger partial charge in [0, 0.05) is 20.3 Å². The summed E-state index contributed by atoms with van der Waals surface area (Å²) in [6.45, 7) is 4.39. The van der Waals surface area contributed by atoms with Crippen molar-refractivity contribution in [2.75, 3.05) is 20.3 Å². The highest BCUT2D eigenvalue weighted by Crippen LogP contribution is 2.29. The van der Waals surface area contributed by atoms with Gasteiger partial charge in [0.2, 0.25) is 0 Å². The molecular formula is C13H25NO3. The molecule has 0 aromatic carbocycles. The van der Waals surface area contributed by atoms with Gasteiger partial charge < -0.3 is 15.2 Å². The van der Waals surface area contributed by atoms with Crippen LogP contribution < -0.4 is 5.32 Å². The van der Waals surface area contributed by atoms with E-state index in [9.17, 15) is 9.90 Å². The Bertz CT molecular complexity index is 253. The highest BCUT2D eigenvalue weighted by molar-refractivity contribution is 5.84. The Labute approximate surface area is 104 Å². The van der Waals surface area contributed by atoms with Crippen molar-refractivity contribution in [2.24, 2.45) is 11.8 Å². The zero-order valence-electron chi connectivity index (χ0n) is 11.2. The minimum atomic E-state index is -0.774. The van der Waals surface area contributed by atoms with E-state index >= 15 is 0 Å². The van der Waals surface area contributed by atoms with Crippen molar-refractivity contribution < 1.29 is 14.6 Å². The van der Waals surface area contributed by atoms with Crippen LogP contribution >= 0.6 is 0 Å². The van der Waals surface area contributed by atoms with Gasteiger partial charge in [-0.05, 0) is 38.5 Å². The molecule has 0 aromatic rings. The first kappa shape index (κ1) is 14.5. The zero-order valence-corrected chi connectivity index (χ0v) is 11.2. The Balaban J connectivity index is 2.41. The third kappa shape index (κ3) is 3.96. The number of rotatable bonds is 5. The van der Waals surface area contributed by atoms with Gasteiger partial charge in [0.1, 0.15) is 5.60 Å². The van der Waals surface area contributed by atoms with E-state index < -0.39 is 5.60 Å². The van der Waals surface area contributed by atoms with E-state index in [0.717, 1.165) is 12.8 Å². The maximum atomic E-state index is 11.8. The number of aliphatic hydroxyl groups excluding tert-OH is 1. The van der Waals surface area contributed by atoms with Gasteiger partial charge in [-0.25, -0.2) is 0 Å². The molecule has 0 radical (unpaired) electrons. The Morgan fingerprint density at radius 2 is 1.94 bits per heavy atom. The molecule has 1 rings (SSSR count). The van der Waals surface area contributed by atoms with Crippen LogP contribution in [0.5, 0.6) is 0 Å². The van der Waals surface area contributed by atoms with Gasteiger partial charge in [-0.3, -0.25) is 4.79 Å². The smallest absolute Gasteiger partial charge is 0.251 e. The highest BCUT2D eigenvalue weighted by Gasteiger charge is 2.29. The van der Waals surface area contributed by atoms with E-state index in [1.165, 1.54) is 20.0 Å². The molecule has 0 saturated heterocycles. The lowest BCUT2D eigenvalue weighted by atomic mass is 9.79. The summed E-state index contributed by atoms with van der Waals surface area (Å²) in [6, 6.07) is 0. The molecule has 1 saturated carbocycles. The number of methoxy groups -OCH3 is 1. The van der Waals surface area contributed by atoms with Crippen molar-refractivity contribution >= 4 is 5.91 Å². The standard InChI is InChI=1S/C13H25NO3/c1-13(2,17-3)12(16)14-8-10-6-4-5-7-11(10)9-15/h10-11,15H,4-9H2,1-3H3,(H,14,16). The molecule has 0 heterocycles. The lowest BCUT2D eigenvalue weighted by Crippen LogP contribution is -2.46. The summed E-state index contributed by atoms with van der Waals surface area (Å²) >= 11 is 0. The molecular weight excluding hydrogens is 218 g/mol. The largest absolute Gasteiger partial charge is 0.396 e. The molecule has 0 aliphatic heterocycles. The Morgan fingerprint density at radius 3 is 2.47 bits per heavy atom. The molecule has 2 N–H and O–H groups in total. The summed E-state index contributed by atoms with van der Waals surface area (Å²) in [5.74, 6) is 0.669. The SMILES string of the molecule is COC(C)(C)C(=O)NCC1CCCCC1CO. The molecule has 0 bridgehead atoms. The van der Waals surface area contributed by atoms with Crippen LogP contribution in [0.25, 0.3) is 0 Å². The Hall–Kier alpha value is -0.610. The van der Waals surface area contributed by atoms with Gasteiger partial charge in [0.15, 0.2) is 0 Å². The lowest BCUT2D eigenvalue weighted by molar-refractivity contribution is -0.139. The predicted octanol–water partition coefficient (Wildman–Crippen LogP) is 1.33. The second-order valence-corrected chi connectivity index (χ2v) is 5.41. The van der Waals surface area contributed by atoms with Crippen molar-refractivity contribution in [1.29, 1.82) is 0 Å². The van der Waals surface area contributed by atoms with E-state index in [1.54, 1.807) is 13.8 Å². The van der Waals surface area contributed by atoms with Gasteiger partial charge in [0.25, 0.3) is 5.91 Å². The predicted molar refractivity (Wildman–Crippen MR) is 66.6 cm³/mol. The van der Waals surface area contributed by atoms with Crippen LogP contribution in [-0.4, -0.2) is 36.9 Å². The number of amides is 1. The van der Waals surface area contributed by atoms with Crippen LogP contribution in [0.3, 0.4) is 0 Å². The summed E-state index contributed by atoms with van der Waals surface area (Å²) < 4.78 is 5.13. The van der Waals surface area contributed by atoms with Crippen LogP contribution in [0, 0.1) is 11.8 Å². The second kappa shape index (κ2) is 6.36. The summed E-state index contributed by atoms with van der Waals surface area (Å²) in [5, 5.41) is 12.2. The quantitative estimate of drug-likeness (QED) is 0.766. The third-order valence-electron chi connectivity index (χ3n) is 3.88. The molecule has 100 valence electrons. The minimum absolute atomic E-state index is 0.0812. The van der Waals surface area contributed by atoms with Crippen molar-refractivity contribution in [3.05, 3.63) is 0 Å². The molecule has 1 aliphatic rings. The average molecular weight is 243 g/mol. The van der Waals surface area contributed by atoms with Crippen LogP contribution in [0.1, 0.15) is 39.5 Å². The second-order valence-electron chi connectivity index (χ2n) is 5.41. The molecule has 0 spiro atoms. The maximum Gasteiger partial charge on any atom is 0.251 e. The summed E-state index contributed by atoms with van der Waals surface area (Å²) in [6.07, 6.45) is 4.56. The Morgan fingerprint density at radius 1 is 1.35 bits per heavy atom. The normalized spacial score (nSPS) is 25.6. The molecule has 2 unspecified atom stereocenters. The topological polar surface area (TPSA) is 58.6 Å². The lowest BCUT2D eigenvalue weighted by Gasteiger charge is -2.31. The maximum absolute atomic E-state index is 11.8. The molecule has 0 aromatic heterocycles. The molecule has 2 atom stereocenters. The van der Waals surface area contributed by atoms with Gasteiger partial charge in [-0.1, -0.05) is 12.8 Å². The van der Waals surface area contributed by atoms with Crippen LogP contribution in [0.4, 0.5) is 0 Å². The average Bonchev–Trinajstić information content (AvgIpc) is 2.36. The fourth-order valence-corrected chi connectivity index (χ4v) is 2.32. The highest BCUT2D eigenvalue weighted by atomic mass is 16.5. The van der Waals surface area contributed by atoms with Crippen molar-refractivity contribution in [3.8, 4) is 0 Å². The van der Waals surface area contributed by atoms with E-state index in [1.807, 2.05) is 0 Å². The van der Waals surface area contributed by atoms with Crippen molar-refractivity contribution in [3.63, 3.8) is 0 Å². The van der Waals surface area contributed by atoms with Crippen LogP contribution in [0.2, 0.25) is 0 Å². The van der Waals surface area contributed by atoms with Crippen LogP contribution in [0.15, 0.2) is 0 Å². The number of hydrogen-bond donors (Lipinski definition) is 2. The number of carbonyl (C=O) groups is 1. The van der Waals surface area contributed by atoms with Gasteiger partial charge in [0.05, 0.1) is 0 Å². The molecule has 1 fully saturated rings. The fourth-order valence-electron chi connectivity index (χ4n) is 2.32. The molecule has 4 heteroatoms. The molecule has 1 amide bonds. The summed E-state index contributed by atoms with van der Waals surface area (Å²) in [5.41, 5.74) is -0.774. The number of hydrogen-bond acceptors (Lipinski definition) is 3. The van der Waals surface area contributed by atoms with Crippen molar-refractivity contribution in [1.82, 2.24) is 5.32 Å². The van der Waals surface area contributed by atoms with E-state index in [0.29, 0.717) is 18.4 Å². The number of ether oxygens (including phenoxy) is 1. The number of carbonyl (C=O) groups excluding carboxylic acids is 1. The summed E-state index contributed by atoms with van der Waals surface area (Å²) in [4.78, 5) is 11.8. The summed E-state index contributed by atoms with van der Waals surface area (Å²) in [7, 11) is 1.54. The minimum Gasteiger partial charge on any atom is -0.396 e. The third-order valence-corrected chi connectivity index (χ3v) is 3.88. The van der Waals surface area contributed by atoms with Gasteiger partial charge in [-0.2, -0.15) is 0 Å². The van der Waals surface area contributed by atoms with E-state index in [2.05, 4.69) is 5.32 Å². The number of nitrogens with one attached hydrogen (secondary N) is 1. The van der Waals surface area contributed by atoms with Gasteiger partial charge >= 0.3 is 0 Å². The number of aliphatic hydroxyl groups is 1. The first-order valence-electron chi connectivity index (χ1n) is 6.45. The first-order chi connectivity index (χ1) is 8.01. The zero-order chi connectivity index (χ0) is 12.9. The molecule has 4 nitrogen and oxygen atoms in total. The van der Waals surface area contributed by atoms with E-state index in [4.69, 9.17) is 4.74 Å². The fraction of sp³-hybridized carbons (Fsp3) is 0.923. The van der Waals surface area contributed by atoms with E-state index in [-0.39, 0.29) is 12.5 Å². The van der Waals surface area contributed by atoms with Gasteiger partial charge in [-0.15, -0.1) is 0 Å².